The topological polar surface area (TPSA) is 171 Å². The molecule has 2 aliphatic heterocycles. The van der Waals surface area contributed by atoms with Crippen LogP contribution in [-0.4, -0.2) is 90.9 Å². The molecule has 45 heavy (non-hydrogen) atoms. The molecule has 0 aromatic heterocycles. The van der Waals surface area contributed by atoms with E-state index in [0.717, 1.165) is 50.8 Å². The van der Waals surface area contributed by atoms with Crippen molar-refractivity contribution in [3.8, 4) is 23.3 Å². The van der Waals surface area contributed by atoms with Crippen LogP contribution in [0.2, 0.25) is 0 Å². The molecule has 1 aromatic carbocycles. The third-order valence-corrected chi connectivity index (χ3v) is 9.93. The highest BCUT2D eigenvalue weighted by molar-refractivity contribution is 5.77. The number of hydrogen-bond donors (Lipinski definition) is 7. The summed E-state index contributed by atoms with van der Waals surface area (Å²) >= 11 is 0. The molecule has 0 radical (unpaired) electrons. The number of fused-ring (bicyclic) bond motifs is 5. The Bertz CT molecular complexity index is 1240. The van der Waals surface area contributed by atoms with Gasteiger partial charge in [0.05, 0.1) is 17.6 Å². The van der Waals surface area contributed by atoms with Gasteiger partial charge >= 0.3 is 5.97 Å². The van der Waals surface area contributed by atoms with Crippen LogP contribution in [0.4, 0.5) is 0 Å². The van der Waals surface area contributed by atoms with Crippen LogP contribution in [-0.2, 0) is 16.0 Å². The number of hydrogen-bond acceptors (Lipinski definition) is 9. The SMILES string of the molecule is CN=C(N)NC[C@@]1([C@H](C)O)C#C[C@H]2CCC[C@]3(CNC)C[C@@H](CCN3)Oc3cc(ccc3O)C[C@H]2[C@@H](OC(C)=O)C[C@@H](O)CC1. The van der Waals surface area contributed by atoms with Gasteiger partial charge in [-0.2, -0.15) is 0 Å². The van der Waals surface area contributed by atoms with Crippen LogP contribution in [0.25, 0.3) is 0 Å². The molecular weight excluding hydrogens is 574 g/mol. The van der Waals surface area contributed by atoms with E-state index in [0.29, 0.717) is 25.0 Å². The zero-order valence-corrected chi connectivity index (χ0v) is 27.3. The van der Waals surface area contributed by atoms with E-state index < -0.39 is 29.7 Å². The fourth-order valence-corrected chi connectivity index (χ4v) is 7.33. The van der Waals surface area contributed by atoms with Crippen molar-refractivity contribution in [3.05, 3.63) is 23.8 Å². The Balaban J connectivity index is 1.84. The number of nitrogens with zero attached hydrogens (tertiary/aromatic N) is 1. The molecule has 1 aromatic rings. The number of ether oxygens (including phenoxy) is 2. The second kappa shape index (κ2) is 15.5. The first-order chi connectivity index (χ1) is 21.5. The Morgan fingerprint density at radius 3 is 2.80 bits per heavy atom. The van der Waals surface area contributed by atoms with Crippen LogP contribution in [0.15, 0.2) is 23.2 Å². The van der Waals surface area contributed by atoms with Gasteiger partial charge in [-0.3, -0.25) is 9.79 Å². The molecule has 4 bridgehead atoms. The van der Waals surface area contributed by atoms with E-state index in [1.54, 1.807) is 20.0 Å². The van der Waals surface area contributed by atoms with Gasteiger partial charge < -0.3 is 46.5 Å². The summed E-state index contributed by atoms with van der Waals surface area (Å²) in [6.07, 6.45) is 3.38. The number of carbonyl (C=O) groups is 1. The fourth-order valence-electron chi connectivity index (χ4n) is 7.33. The largest absolute Gasteiger partial charge is 0.504 e. The zero-order chi connectivity index (χ0) is 32.6. The zero-order valence-electron chi connectivity index (χ0n) is 27.3. The number of phenols is 1. The summed E-state index contributed by atoms with van der Waals surface area (Å²) in [6.45, 7) is 4.96. The number of carbonyl (C=O) groups excluding carboxylic acids is 1. The molecule has 250 valence electrons. The molecule has 8 N–H and O–H groups in total. The maximum atomic E-state index is 12.4. The third kappa shape index (κ3) is 9.03. The number of nitrogens with one attached hydrogen (secondary N) is 3. The number of piperidine rings is 1. The quantitative estimate of drug-likeness (QED) is 0.107. The summed E-state index contributed by atoms with van der Waals surface area (Å²) in [4.78, 5) is 16.4. The van der Waals surface area contributed by atoms with Crippen molar-refractivity contribution in [1.29, 1.82) is 0 Å². The second-order valence-electron chi connectivity index (χ2n) is 13.3. The summed E-state index contributed by atoms with van der Waals surface area (Å²) < 4.78 is 12.4. The number of benzene rings is 1. The molecule has 3 aliphatic rings. The summed E-state index contributed by atoms with van der Waals surface area (Å²) in [5.74, 6) is 6.96. The molecule has 1 saturated heterocycles. The number of aliphatic imine (C=N–C) groups is 1. The highest BCUT2D eigenvalue weighted by atomic mass is 16.5. The first-order valence-electron chi connectivity index (χ1n) is 16.4. The number of aromatic hydroxyl groups is 1. The number of aliphatic hydroxyl groups is 2. The molecule has 0 amide bonds. The Hall–Kier alpha value is -3.04. The molecule has 11 heteroatoms. The lowest BCUT2D eigenvalue weighted by Crippen LogP contribution is -2.58. The van der Waals surface area contributed by atoms with E-state index in [9.17, 15) is 20.1 Å². The van der Waals surface area contributed by atoms with Gasteiger partial charge in [0.25, 0.3) is 0 Å². The van der Waals surface area contributed by atoms with E-state index in [1.165, 1.54) is 6.92 Å². The van der Waals surface area contributed by atoms with Crippen LogP contribution in [0, 0.1) is 29.1 Å². The van der Waals surface area contributed by atoms with Crippen molar-refractivity contribution in [2.75, 3.05) is 33.7 Å². The highest BCUT2D eigenvalue weighted by Gasteiger charge is 2.41. The monoisotopic (exact) mass is 627 g/mol. The average Bonchev–Trinajstić information content (AvgIpc) is 2.99. The van der Waals surface area contributed by atoms with Gasteiger partial charge in [-0.25, -0.2) is 0 Å². The minimum atomic E-state index is -0.888. The van der Waals surface area contributed by atoms with E-state index in [4.69, 9.17) is 15.2 Å². The average molecular weight is 628 g/mol. The summed E-state index contributed by atoms with van der Waals surface area (Å²) in [6, 6.07) is 5.42. The number of esters is 1. The lowest BCUT2D eigenvalue weighted by Gasteiger charge is -2.42. The number of likely N-dealkylation sites (N-methyl/N-ethyl adjacent to an activating group) is 1. The summed E-state index contributed by atoms with van der Waals surface area (Å²) in [5.41, 5.74) is 5.81. The van der Waals surface area contributed by atoms with Crippen LogP contribution < -0.4 is 26.4 Å². The van der Waals surface area contributed by atoms with Gasteiger partial charge in [0.2, 0.25) is 0 Å². The van der Waals surface area contributed by atoms with Gasteiger partial charge in [0.15, 0.2) is 17.5 Å². The number of guanidine groups is 1. The highest BCUT2D eigenvalue weighted by Crippen LogP contribution is 2.39. The first-order valence-corrected chi connectivity index (χ1v) is 16.4. The van der Waals surface area contributed by atoms with Crippen molar-refractivity contribution in [1.82, 2.24) is 16.0 Å². The first kappa shape index (κ1) is 34.8. The molecule has 0 unspecified atom stereocenters. The van der Waals surface area contributed by atoms with E-state index in [2.05, 4.69) is 32.8 Å². The van der Waals surface area contributed by atoms with Crippen molar-refractivity contribution >= 4 is 11.9 Å². The number of aliphatic hydroxyl groups excluding tert-OH is 2. The lowest BCUT2D eigenvalue weighted by molar-refractivity contribution is -0.152. The molecule has 0 spiro atoms. The Kier molecular flexibility index (Phi) is 12.0. The fraction of sp³-hybridized carbons (Fsp3) is 0.706. The number of rotatable bonds is 6. The predicted molar refractivity (Wildman–Crippen MR) is 174 cm³/mol. The summed E-state index contributed by atoms with van der Waals surface area (Å²) in [7, 11) is 3.55. The molecule has 4 rings (SSSR count). The van der Waals surface area contributed by atoms with E-state index >= 15 is 0 Å². The normalized spacial score (nSPS) is 33.3. The third-order valence-electron chi connectivity index (χ3n) is 9.93. The Morgan fingerprint density at radius 2 is 2.09 bits per heavy atom. The molecule has 2 heterocycles. The Labute approximate surface area is 267 Å². The smallest absolute Gasteiger partial charge is 0.302 e. The van der Waals surface area contributed by atoms with Crippen molar-refractivity contribution in [2.24, 2.45) is 28.0 Å². The number of nitrogens with two attached hydrogens (primary N) is 1. The minimum Gasteiger partial charge on any atom is -0.504 e. The van der Waals surface area contributed by atoms with Crippen molar-refractivity contribution in [3.63, 3.8) is 0 Å². The van der Waals surface area contributed by atoms with Crippen molar-refractivity contribution in [2.45, 2.75) is 102 Å². The molecule has 8 atom stereocenters. The molecule has 1 aliphatic carbocycles. The summed E-state index contributed by atoms with van der Waals surface area (Å²) in [5, 5.41) is 43.4. The maximum absolute atomic E-state index is 12.4. The van der Waals surface area contributed by atoms with Crippen LogP contribution in [0.1, 0.15) is 70.8 Å². The molecular formula is C34H53N5O6. The molecule has 11 nitrogen and oxygen atoms in total. The van der Waals surface area contributed by atoms with Gasteiger partial charge in [0, 0.05) is 57.3 Å². The Morgan fingerprint density at radius 1 is 1.29 bits per heavy atom. The van der Waals surface area contributed by atoms with Crippen LogP contribution >= 0.6 is 0 Å². The van der Waals surface area contributed by atoms with E-state index in [1.807, 2.05) is 19.2 Å². The van der Waals surface area contributed by atoms with Gasteiger partial charge in [-0.1, -0.05) is 24.3 Å². The van der Waals surface area contributed by atoms with Gasteiger partial charge in [0.1, 0.15) is 12.2 Å². The van der Waals surface area contributed by atoms with Crippen LogP contribution in [0.5, 0.6) is 11.5 Å². The standard InChI is InChI=1S/C34H53N5O6/c1-22(40)33(20-38-32(35)37-4)13-9-25-6-5-12-34(21-36-3)19-27(11-15-39-34)45-31-17-24(7-8-29(31)43)16-28(25)30(44-23(2)41)18-26(42)10-14-33/h7-8,17,22,25-28,30,36,39-40,42-43H,5-6,10-12,14-16,18-21H2,1-4H3,(H3,35,37,38)/t22-,25+,26-,27+,28+,30-,33+,34+/m0/s1. The predicted octanol–water partition coefficient (Wildman–Crippen LogP) is 1.82. The van der Waals surface area contributed by atoms with E-state index in [-0.39, 0.29) is 48.2 Å². The number of phenolic OH excluding ortho intramolecular Hbond substituents is 1. The van der Waals surface area contributed by atoms with Gasteiger partial charge in [-0.15, -0.1) is 0 Å². The lowest BCUT2D eigenvalue weighted by atomic mass is 9.72. The molecule has 1 fully saturated rings. The second-order valence-corrected chi connectivity index (χ2v) is 13.3. The maximum Gasteiger partial charge on any atom is 0.302 e. The molecule has 0 saturated carbocycles. The minimum absolute atomic E-state index is 0.0517. The van der Waals surface area contributed by atoms with Crippen molar-refractivity contribution < 1.29 is 29.6 Å². The van der Waals surface area contributed by atoms with Crippen LogP contribution in [0.3, 0.4) is 0 Å². The van der Waals surface area contributed by atoms with Gasteiger partial charge in [-0.05, 0) is 76.7 Å².